The molecule has 6 heteroatoms. The highest BCUT2D eigenvalue weighted by Gasteiger charge is 2.32. The lowest BCUT2D eigenvalue weighted by Gasteiger charge is -2.37. The van der Waals surface area contributed by atoms with Crippen molar-refractivity contribution in [1.29, 1.82) is 0 Å². The number of nitrogens with zero attached hydrogens (tertiary/aromatic N) is 1. The first kappa shape index (κ1) is 16.3. The Kier molecular flexibility index (Phi) is 4.87. The summed E-state index contributed by atoms with van der Waals surface area (Å²) in [5, 5.41) is 2.75. The van der Waals surface area contributed by atoms with Crippen LogP contribution in [0.15, 0.2) is 0 Å². The zero-order valence-electron chi connectivity index (χ0n) is 12.6. The first-order valence-corrected chi connectivity index (χ1v) is 8.68. The van der Waals surface area contributed by atoms with Crippen LogP contribution >= 0.6 is 0 Å². The van der Waals surface area contributed by atoms with Gasteiger partial charge in [0.15, 0.2) is 9.84 Å². The molecule has 1 saturated heterocycles. The fraction of sp³-hybridized carbons (Fsp3) is 0.923. The van der Waals surface area contributed by atoms with Crippen molar-refractivity contribution in [1.82, 2.24) is 10.2 Å². The van der Waals surface area contributed by atoms with Gasteiger partial charge in [-0.05, 0) is 39.5 Å². The lowest BCUT2D eigenvalue weighted by molar-refractivity contribution is 0.139. The molecule has 0 unspecified atom stereocenters. The van der Waals surface area contributed by atoms with Gasteiger partial charge in [0.25, 0.3) is 0 Å². The number of piperidine rings is 1. The van der Waals surface area contributed by atoms with Crippen LogP contribution in [-0.2, 0) is 9.84 Å². The van der Waals surface area contributed by atoms with E-state index in [9.17, 15) is 13.2 Å². The molecule has 0 aromatic heterocycles. The average molecular weight is 290 g/mol. The molecule has 0 radical (unpaired) electrons. The summed E-state index contributed by atoms with van der Waals surface area (Å²) in [5.41, 5.74) is 0. The van der Waals surface area contributed by atoms with Crippen molar-refractivity contribution in [2.24, 2.45) is 5.92 Å². The van der Waals surface area contributed by atoms with Crippen LogP contribution in [0, 0.1) is 5.92 Å². The third-order valence-corrected chi connectivity index (χ3v) is 6.22. The Labute approximate surface area is 116 Å². The van der Waals surface area contributed by atoms with E-state index < -0.39 is 14.6 Å². The Morgan fingerprint density at radius 1 is 1.37 bits per heavy atom. The SMILES string of the molecule is C[C@@H]1CCN(C(=O)NCC(C)(C)S(C)(=O)=O)[C@H](C)C1. The fourth-order valence-electron chi connectivity index (χ4n) is 2.23. The standard InChI is InChI=1S/C13H26N2O3S/c1-10-6-7-15(11(2)8-10)12(16)14-9-13(3,4)19(5,17)18/h10-11H,6-9H2,1-5H3,(H,14,16)/t10-,11-/m1/s1. The lowest BCUT2D eigenvalue weighted by atomic mass is 9.94. The maximum atomic E-state index is 12.1. The van der Waals surface area contributed by atoms with Gasteiger partial charge in [0.05, 0.1) is 4.75 Å². The number of nitrogens with one attached hydrogen (secondary N) is 1. The summed E-state index contributed by atoms with van der Waals surface area (Å²) in [6.07, 6.45) is 3.21. The Hall–Kier alpha value is -0.780. The highest BCUT2D eigenvalue weighted by molar-refractivity contribution is 7.92. The summed E-state index contributed by atoms with van der Waals surface area (Å²) in [7, 11) is -3.18. The van der Waals surface area contributed by atoms with Gasteiger partial charge in [-0.15, -0.1) is 0 Å². The number of rotatable bonds is 3. The van der Waals surface area contributed by atoms with Gasteiger partial charge in [0, 0.05) is 25.4 Å². The van der Waals surface area contributed by atoms with Crippen molar-refractivity contribution >= 4 is 15.9 Å². The maximum Gasteiger partial charge on any atom is 0.317 e. The van der Waals surface area contributed by atoms with Crippen LogP contribution in [0.3, 0.4) is 0 Å². The molecule has 1 aliphatic heterocycles. The second-order valence-electron chi connectivity index (χ2n) is 6.36. The highest BCUT2D eigenvalue weighted by atomic mass is 32.2. The van der Waals surface area contributed by atoms with Crippen LogP contribution in [0.5, 0.6) is 0 Å². The summed E-state index contributed by atoms with van der Waals surface area (Å²) in [4.78, 5) is 13.9. The molecule has 1 heterocycles. The van der Waals surface area contributed by atoms with E-state index in [1.807, 2.05) is 6.92 Å². The molecule has 1 aliphatic rings. The molecular formula is C13H26N2O3S. The largest absolute Gasteiger partial charge is 0.336 e. The Bertz CT molecular complexity index is 431. The molecule has 2 amide bonds. The summed E-state index contributed by atoms with van der Waals surface area (Å²) in [6, 6.07) is 0.0567. The number of hydrogen-bond acceptors (Lipinski definition) is 3. The van der Waals surface area contributed by atoms with Gasteiger partial charge in [-0.2, -0.15) is 0 Å². The third kappa shape index (κ3) is 4.09. The molecular weight excluding hydrogens is 264 g/mol. The molecule has 0 aromatic carbocycles. The Balaban J connectivity index is 2.57. The van der Waals surface area contributed by atoms with Crippen molar-refractivity contribution in [2.75, 3.05) is 19.3 Å². The summed E-state index contributed by atoms with van der Waals surface area (Å²) in [5.74, 6) is 0.645. The predicted molar refractivity (Wildman–Crippen MR) is 76.9 cm³/mol. The van der Waals surface area contributed by atoms with Gasteiger partial charge in [-0.1, -0.05) is 6.92 Å². The van der Waals surface area contributed by atoms with E-state index in [0.29, 0.717) is 5.92 Å². The number of sulfone groups is 1. The topological polar surface area (TPSA) is 66.5 Å². The van der Waals surface area contributed by atoms with E-state index in [0.717, 1.165) is 19.4 Å². The molecule has 1 rings (SSSR count). The molecule has 0 aromatic rings. The van der Waals surface area contributed by atoms with Crippen molar-refractivity contribution in [3.05, 3.63) is 0 Å². The summed E-state index contributed by atoms with van der Waals surface area (Å²) in [6.45, 7) is 8.38. The van der Waals surface area contributed by atoms with E-state index in [1.165, 1.54) is 6.26 Å². The van der Waals surface area contributed by atoms with E-state index in [1.54, 1.807) is 18.7 Å². The molecule has 2 atom stereocenters. The predicted octanol–water partition coefficient (Wildman–Crippen LogP) is 1.64. The van der Waals surface area contributed by atoms with E-state index in [2.05, 4.69) is 12.2 Å². The van der Waals surface area contributed by atoms with Crippen LogP contribution in [0.25, 0.3) is 0 Å². The van der Waals surface area contributed by atoms with E-state index in [4.69, 9.17) is 0 Å². The van der Waals surface area contributed by atoms with Gasteiger partial charge in [0.1, 0.15) is 0 Å². The molecule has 112 valence electrons. The number of amides is 2. The number of likely N-dealkylation sites (tertiary alicyclic amines) is 1. The smallest absolute Gasteiger partial charge is 0.317 e. The van der Waals surface area contributed by atoms with Crippen LogP contribution in [0.4, 0.5) is 4.79 Å². The van der Waals surface area contributed by atoms with Gasteiger partial charge in [-0.3, -0.25) is 0 Å². The van der Waals surface area contributed by atoms with Crippen molar-refractivity contribution < 1.29 is 13.2 Å². The minimum Gasteiger partial charge on any atom is -0.336 e. The van der Waals surface area contributed by atoms with Crippen LogP contribution in [-0.4, -0.2) is 49.5 Å². The maximum absolute atomic E-state index is 12.1. The van der Waals surface area contributed by atoms with E-state index in [-0.39, 0.29) is 18.6 Å². The molecule has 0 spiro atoms. The normalized spacial score (nSPS) is 25.2. The molecule has 19 heavy (non-hydrogen) atoms. The zero-order chi connectivity index (χ0) is 14.8. The second kappa shape index (κ2) is 5.69. The van der Waals surface area contributed by atoms with Crippen molar-refractivity contribution in [3.63, 3.8) is 0 Å². The number of urea groups is 1. The van der Waals surface area contributed by atoms with Gasteiger partial charge in [0.2, 0.25) is 0 Å². The molecule has 1 N–H and O–H groups in total. The van der Waals surface area contributed by atoms with Crippen molar-refractivity contribution in [2.45, 2.75) is 51.3 Å². The first-order valence-electron chi connectivity index (χ1n) is 6.78. The minimum absolute atomic E-state index is 0.142. The van der Waals surface area contributed by atoms with E-state index >= 15 is 0 Å². The minimum atomic E-state index is -3.18. The summed E-state index contributed by atoms with van der Waals surface area (Å²) < 4.78 is 22.2. The third-order valence-electron chi connectivity index (χ3n) is 4.07. The van der Waals surface area contributed by atoms with Crippen LogP contribution in [0.1, 0.15) is 40.5 Å². The second-order valence-corrected chi connectivity index (χ2v) is 9.01. The fourth-order valence-corrected chi connectivity index (χ4v) is 2.56. The molecule has 1 fully saturated rings. The number of hydrogen-bond donors (Lipinski definition) is 1. The van der Waals surface area contributed by atoms with Gasteiger partial charge < -0.3 is 10.2 Å². The Morgan fingerprint density at radius 2 is 1.95 bits per heavy atom. The molecule has 5 nitrogen and oxygen atoms in total. The van der Waals surface area contributed by atoms with Crippen LogP contribution in [0.2, 0.25) is 0 Å². The zero-order valence-corrected chi connectivity index (χ0v) is 13.4. The van der Waals surface area contributed by atoms with Gasteiger partial charge >= 0.3 is 6.03 Å². The Morgan fingerprint density at radius 3 is 2.42 bits per heavy atom. The monoisotopic (exact) mass is 290 g/mol. The van der Waals surface area contributed by atoms with Crippen molar-refractivity contribution in [3.8, 4) is 0 Å². The number of carbonyl (C=O) groups is 1. The number of carbonyl (C=O) groups excluding carboxylic acids is 1. The first-order chi connectivity index (χ1) is 8.54. The molecule has 0 bridgehead atoms. The quantitative estimate of drug-likeness (QED) is 0.859. The molecule has 0 saturated carbocycles. The highest BCUT2D eigenvalue weighted by Crippen LogP contribution is 2.22. The lowest BCUT2D eigenvalue weighted by Crippen LogP contribution is -2.52. The average Bonchev–Trinajstić information content (AvgIpc) is 2.24. The summed E-state index contributed by atoms with van der Waals surface area (Å²) >= 11 is 0. The van der Waals surface area contributed by atoms with Gasteiger partial charge in [-0.25, -0.2) is 13.2 Å². The molecule has 0 aliphatic carbocycles. The van der Waals surface area contributed by atoms with Crippen LogP contribution < -0.4 is 5.32 Å².